The Kier molecular flexibility index (Phi) is 5.69. The topological polar surface area (TPSA) is 93.5 Å². The van der Waals surface area contributed by atoms with Gasteiger partial charge in [-0.3, -0.25) is 24.6 Å². The summed E-state index contributed by atoms with van der Waals surface area (Å²) in [6.45, 7) is 3.09. The molecule has 3 aliphatic rings. The highest BCUT2D eigenvalue weighted by Crippen LogP contribution is 2.37. The molecule has 0 spiro atoms. The fourth-order valence-corrected chi connectivity index (χ4v) is 5.37. The van der Waals surface area contributed by atoms with Crippen LogP contribution in [0.4, 0.5) is 0 Å². The molecule has 2 fully saturated rings. The summed E-state index contributed by atoms with van der Waals surface area (Å²) in [5.41, 5.74) is 4.11. The molecular formula is C26H26N4O3. The minimum absolute atomic E-state index is 0.217. The van der Waals surface area contributed by atoms with Gasteiger partial charge in [0.1, 0.15) is 6.04 Å². The van der Waals surface area contributed by atoms with Crippen molar-refractivity contribution in [1.82, 2.24) is 15.1 Å². The Balaban J connectivity index is 1.32. The average Bonchev–Trinajstić information content (AvgIpc) is 3.16. The number of piperidine rings is 2. The minimum Gasteiger partial charge on any atom is -0.322 e. The summed E-state index contributed by atoms with van der Waals surface area (Å²) in [5.74, 6) is -0.701. The molecule has 0 aliphatic carbocycles. The zero-order valence-corrected chi connectivity index (χ0v) is 18.4. The van der Waals surface area contributed by atoms with Gasteiger partial charge in [-0.15, -0.1) is 0 Å². The van der Waals surface area contributed by atoms with Crippen LogP contribution < -0.4 is 5.32 Å². The van der Waals surface area contributed by atoms with Crippen molar-refractivity contribution in [1.29, 1.82) is 5.26 Å². The van der Waals surface area contributed by atoms with Crippen LogP contribution in [-0.2, 0) is 22.7 Å². The number of fused-ring (bicyclic) bond motifs is 1. The molecule has 0 radical (unpaired) electrons. The van der Waals surface area contributed by atoms with Crippen molar-refractivity contribution in [2.75, 3.05) is 13.1 Å². The molecule has 7 nitrogen and oxygen atoms in total. The molecule has 3 heterocycles. The van der Waals surface area contributed by atoms with E-state index in [9.17, 15) is 19.6 Å². The van der Waals surface area contributed by atoms with Crippen LogP contribution in [0.15, 0.2) is 42.5 Å². The predicted molar refractivity (Wildman–Crippen MR) is 121 cm³/mol. The number of amides is 3. The van der Waals surface area contributed by atoms with Gasteiger partial charge in [-0.05, 0) is 55.5 Å². The largest absolute Gasteiger partial charge is 0.322 e. The minimum atomic E-state index is -0.668. The number of imide groups is 1. The number of hydrogen-bond donors (Lipinski definition) is 1. The highest BCUT2D eigenvalue weighted by atomic mass is 16.2. The summed E-state index contributed by atoms with van der Waals surface area (Å²) in [4.78, 5) is 40.8. The standard InChI is InChI=1S/C26H26N4O3/c27-14-21-19(18-10-12-29(13-11-18)15-17-4-2-1-3-5-17)6-7-20-22(21)16-30(26(20)33)23-8-9-24(31)28-25(23)32/h1-7,18,23H,8-13,15-16H2,(H,28,31,32). The Labute approximate surface area is 193 Å². The summed E-state index contributed by atoms with van der Waals surface area (Å²) in [7, 11) is 0. The SMILES string of the molecule is N#Cc1c(C2CCN(Cc3ccccc3)CC2)ccc2c1CN(C1CCC(=O)NC1=O)C2=O. The van der Waals surface area contributed by atoms with Crippen LogP contribution >= 0.6 is 0 Å². The molecule has 5 rings (SSSR count). The first-order valence-corrected chi connectivity index (χ1v) is 11.5. The molecule has 1 unspecified atom stereocenters. The second-order valence-corrected chi connectivity index (χ2v) is 9.10. The van der Waals surface area contributed by atoms with Crippen LogP contribution in [0.3, 0.4) is 0 Å². The molecule has 0 bridgehead atoms. The number of nitriles is 1. The maximum atomic E-state index is 13.0. The number of rotatable bonds is 4. The molecule has 1 atom stereocenters. The molecule has 2 aromatic rings. The van der Waals surface area contributed by atoms with Gasteiger partial charge < -0.3 is 4.90 Å². The van der Waals surface area contributed by atoms with Crippen molar-refractivity contribution < 1.29 is 14.4 Å². The normalized spacial score (nSPS) is 21.6. The van der Waals surface area contributed by atoms with E-state index in [1.54, 1.807) is 0 Å². The van der Waals surface area contributed by atoms with Gasteiger partial charge >= 0.3 is 0 Å². The smallest absolute Gasteiger partial charge is 0.255 e. The second-order valence-electron chi connectivity index (χ2n) is 9.10. The van der Waals surface area contributed by atoms with Crippen molar-refractivity contribution in [3.05, 3.63) is 70.3 Å². The zero-order valence-electron chi connectivity index (χ0n) is 18.4. The first-order chi connectivity index (χ1) is 16.0. The summed E-state index contributed by atoms with van der Waals surface area (Å²) < 4.78 is 0. The maximum absolute atomic E-state index is 13.0. The number of carbonyl (C=O) groups is 3. The fraction of sp³-hybridized carbons (Fsp3) is 0.385. The summed E-state index contributed by atoms with van der Waals surface area (Å²) >= 11 is 0. The Morgan fingerprint density at radius 3 is 2.45 bits per heavy atom. The maximum Gasteiger partial charge on any atom is 0.255 e. The van der Waals surface area contributed by atoms with Crippen LogP contribution in [0.1, 0.15) is 64.2 Å². The molecule has 7 heteroatoms. The third-order valence-electron chi connectivity index (χ3n) is 7.14. The molecule has 0 saturated carbocycles. The summed E-state index contributed by atoms with van der Waals surface area (Å²) in [6.07, 6.45) is 2.46. The van der Waals surface area contributed by atoms with Gasteiger partial charge in [0.25, 0.3) is 5.91 Å². The van der Waals surface area contributed by atoms with E-state index in [0.717, 1.165) is 43.6 Å². The van der Waals surface area contributed by atoms with Crippen molar-refractivity contribution in [2.45, 2.75) is 50.7 Å². The summed E-state index contributed by atoms with van der Waals surface area (Å²) in [5, 5.41) is 12.3. The molecule has 168 valence electrons. The van der Waals surface area contributed by atoms with E-state index in [-0.39, 0.29) is 30.7 Å². The van der Waals surface area contributed by atoms with E-state index in [1.807, 2.05) is 18.2 Å². The molecule has 2 aromatic carbocycles. The lowest BCUT2D eigenvalue weighted by Gasteiger charge is -2.32. The Bertz CT molecular complexity index is 1150. The van der Waals surface area contributed by atoms with Gasteiger partial charge in [0.2, 0.25) is 11.8 Å². The van der Waals surface area contributed by atoms with Gasteiger partial charge in [0.15, 0.2) is 0 Å². The fourth-order valence-electron chi connectivity index (χ4n) is 5.37. The van der Waals surface area contributed by atoms with Crippen molar-refractivity contribution >= 4 is 17.7 Å². The van der Waals surface area contributed by atoms with Gasteiger partial charge in [-0.25, -0.2) is 0 Å². The van der Waals surface area contributed by atoms with Crippen LogP contribution in [0, 0.1) is 11.3 Å². The molecule has 2 saturated heterocycles. The van der Waals surface area contributed by atoms with Crippen LogP contribution in [-0.4, -0.2) is 46.7 Å². The van der Waals surface area contributed by atoms with Crippen molar-refractivity contribution in [3.63, 3.8) is 0 Å². The molecule has 3 amide bonds. The quantitative estimate of drug-likeness (QED) is 0.735. The van der Waals surface area contributed by atoms with E-state index in [4.69, 9.17) is 0 Å². The third kappa shape index (κ3) is 4.03. The number of likely N-dealkylation sites (tertiary alicyclic amines) is 1. The van der Waals surface area contributed by atoms with Gasteiger partial charge in [-0.1, -0.05) is 36.4 Å². The molecular weight excluding hydrogens is 416 g/mol. The molecule has 3 aliphatic heterocycles. The third-order valence-corrected chi connectivity index (χ3v) is 7.14. The molecule has 1 N–H and O–H groups in total. The highest BCUT2D eigenvalue weighted by Gasteiger charge is 2.40. The molecule has 0 aromatic heterocycles. The zero-order chi connectivity index (χ0) is 22.9. The lowest BCUT2D eigenvalue weighted by molar-refractivity contribution is -0.136. The second kappa shape index (κ2) is 8.80. The molecule has 33 heavy (non-hydrogen) atoms. The van der Waals surface area contributed by atoms with E-state index < -0.39 is 11.9 Å². The van der Waals surface area contributed by atoms with Crippen LogP contribution in [0.25, 0.3) is 0 Å². The summed E-state index contributed by atoms with van der Waals surface area (Å²) in [6, 6.07) is 15.9. The van der Waals surface area contributed by atoms with E-state index >= 15 is 0 Å². The number of benzene rings is 2. The first kappa shape index (κ1) is 21.4. The first-order valence-electron chi connectivity index (χ1n) is 11.5. The Morgan fingerprint density at radius 1 is 1.00 bits per heavy atom. The van der Waals surface area contributed by atoms with E-state index in [2.05, 4.69) is 40.6 Å². The van der Waals surface area contributed by atoms with Crippen LogP contribution in [0.5, 0.6) is 0 Å². The number of carbonyl (C=O) groups excluding carboxylic acids is 3. The van der Waals surface area contributed by atoms with E-state index in [0.29, 0.717) is 17.5 Å². The lowest BCUT2D eigenvalue weighted by Crippen LogP contribution is -2.52. The predicted octanol–water partition coefficient (Wildman–Crippen LogP) is 2.70. The Morgan fingerprint density at radius 2 is 1.76 bits per heavy atom. The Hall–Kier alpha value is -3.50. The number of nitrogens with one attached hydrogen (secondary N) is 1. The number of nitrogens with zero attached hydrogens (tertiary/aromatic N) is 3. The van der Waals surface area contributed by atoms with Crippen LogP contribution in [0.2, 0.25) is 0 Å². The highest BCUT2D eigenvalue weighted by molar-refractivity contribution is 6.05. The van der Waals surface area contributed by atoms with E-state index in [1.165, 1.54) is 10.5 Å². The van der Waals surface area contributed by atoms with Crippen molar-refractivity contribution in [2.24, 2.45) is 0 Å². The van der Waals surface area contributed by atoms with Gasteiger partial charge in [0.05, 0.1) is 11.6 Å². The number of hydrogen-bond acceptors (Lipinski definition) is 5. The monoisotopic (exact) mass is 442 g/mol. The lowest BCUT2D eigenvalue weighted by atomic mass is 9.84. The van der Waals surface area contributed by atoms with Gasteiger partial charge in [0, 0.05) is 30.6 Å². The van der Waals surface area contributed by atoms with Crippen molar-refractivity contribution in [3.8, 4) is 6.07 Å². The van der Waals surface area contributed by atoms with Gasteiger partial charge in [-0.2, -0.15) is 5.26 Å². The average molecular weight is 443 g/mol.